The number of aromatic hydroxyl groups is 1. The fourth-order valence-electron chi connectivity index (χ4n) is 1.92. The Bertz CT molecular complexity index is 356. The van der Waals surface area contributed by atoms with Crippen LogP contribution in [0, 0.1) is 0 Å². The van der Waals surface area contributed by atoms with Crippen LogP contribution in [0.4, 0.5) is 0 Å². The molecule has 0 aromatic heterocycles. The molecular weight excluding hydrogens is 190 g/mol. The molecule has 0 unspecified atom stereocenters. The molecule has 0 aliphatic carbocycles. The predicted octanol–water partition coefficient (Wildman–Crippen LogP) is 2.02. The van der Waals surface area contributed by atoms with Crippen LogP contribution in [0.1, 0.15) is 29.6 Å². The van der Waals surface area contributed by atoms with Gasteiger partial charge < -0.3 is 10.0 Å². The molecule has 80 valence electrons. The number of carbonyl (C=O) groups excluding carboxylic acids is 1. The molecule has 0 radical (unpaired) electrons. The van der Waals surface area contributed by atoms with Crippen LogP contribution in [0.15, 0.2) is 24.3 Å². The highest BCUT2D eigenvalue weighted by Crippen LogP contribution is 2.16. The fraction of sp³-hybridized carbons (Fsp3) is 0.417. The molecule has 1 aromatic rings. The molecule has 0 atom stereocenters. The van der Waals surface area contributed by atoms with E-state index in [0.29, 0.717) is 5.56 Å². The number of nitrogens with zero attached hydrogens (tertiary/aromatic N) is 1. The van der Waals surface area contributed by atoms with Gasteiger partial charge in [-0.25, -0.2) is 0 Å². The minimum atomic E-state index is 0.0330. The number of piperidine rings is 1. The van der Waals surface area contributed by atoms with Crippen LogP contribution in [0.25, 0.3) is 0 Å². The lowest BCUT2D eigenvalue weighted by Crippen LogP contribution is -2.35. The number of likely N-dealkylation sites (tertiary alicyclic amines) is 1. The first-order valence-electron chi connectivity index (χ1n) is 5.36. The first-order chi connectivity index (χ1) is 7.27. The van der Waals surface area contributed by atoms with Crippen LogP contribution in [-0.2, 0) is 0 Å². The Morgan fingerprint density at radius 1 is 1.20 bits per heavy atom. The van der Waals surface area contributed by atoms with Gasteiger partial charge in [0.1, 0.15) is 5.75 Å². The van der Waals surface area contributed by atoms with Crippen molar-refractivity contribution in [3.8, 4) is 5.75 Å². The minimum Gasteiger partial charge on any atom is -0.508 e. The van der Waals surface area contributed by atoms with Crippen LogP contribution >= 0.6 is 0 Å². The molecule has 1 aliphatic heterocycles. The van der Waals surface area contributed by atoms with Gasteiger partial charge in [0, 0.05) is 18.7 Å². The van der Waals surface area contributed by atoms with E-state index in [4.69, 9.17) is 0 Å². The molecule has 1 fully saturated rings. The summed E-state index contributed by atoms with van der Waals surface area (Å²) >= 11 is 0. The van der Waals surface area contributed by atoms with E-state index in [0.717, 1.165) is 25.9 Å². The largest absolute Gasteiger partial charge is 0.508 e. The smallest absolute Gasteiger partial charge is 0.253 e. The van der Waals surface area contributed by atoms with Crippen molar-refractivity contribution >= 4 is 5.91 Å². The average molecular weight is 205 g/mol. The summed E-state index contributed by atoms with van der Waals surface area (Å²) in [6.07, 6.45) is 3.39. The Balaban J connectivity index is 2.12. The third kappa shape index (κ3) is 2.29. The normalized spacial score (nSPS) is 16.4. The van der Waals surface area contributed by atoms with Gasteiger partial charge in [0.2, 0.25) is 0 Å². The van der Waals surface area contributed by atoms with Gasteiger partial charge in [-0.1, -0.05) is 6.07 Å². The number of rotatable bonds is 1. The summed E-state index contributed by atoms with van der Waals surface area (Å²) in [4.78, 5) is 13.8. The second kappa shape index (κ2) is 4.34. The zero-order chi connectivity index (χ0) is 10.7. The molecule has 15 heavy (non-hydrogen) atoms. The Labute approximate surface area is 89.3 Å². The summed E-state index contributed by atoms with van der Waals surface area (Å²) in [5, 5.41) is 9.29. The molecule has 1 aromatic carbocycles. The van der Waals surface area contributed by atoms with Crippen molar-refractivity contribution in [1.29, 1.82) is 0 Å². The molecule has 1 heterocycles. The van der Waals surface area contributed by atoms with Crippen LogP contribution in [0.3, 0.4) is 0 Å². The maximum atomic E-state index is 12.0. The van der Waals surface area contributed by atoms with E-state index < -0.39 is 0 Å². The Hall–Kier alpha value is -1.51. The summed E-state index contributed by atoms with van der Waals surface area (Å²) in [6.45, 7) is 1.68. The minimum absolute atomic E-state index is 0.0330. The van der Waals surface area contributed by atoms with Crippen LogP contribution in [0.2, 0.25) is 0 Å². The van der Waals surface area contributed by atoms with Crippen molar-refractivity contribution in [2.24, 2.45) is 0 Å². The van der Waals surface area contributed by atoms with Crippen molar-refractivity contribution in [2.75, 3.05) is 13.1 Å². The maximum Gasteiger partial charge on any atom is 0.253 e. The van der Waals surface area contributed by atoms with E-state index in [1.54, 1.807) is 18.2 Å². The zero-order valence-corrected chi connectivity index (χ0v) is 8.65. The van der Waals surface area contributed by atoms with Gasteiger partial charge in [-0.2, -0.15) is 0 Å². The van der Waals surface area contributed by atoms with Crippen molar-refractivity contribution in [2.45, 2.75) is 19.3 Å². The Morgan fingerprint density at radius 3 is 2.60 bits per heavy atom. The van der Waals surface area contributed by atoms with Gasteiger partial charge >= 0.3 is 0 Å². The molecule has 0 saturated carbocycles. The van der Waals surface area contributed by atoms with E-state index in [1.807, 2.05) is 4.90 Å². The number of phenols is 1. The summed E-state index contributed by atoms with van der Waals surface area (Å²) in [7, 11) is 0. The quantitative estimate of drug-likeness (QED) is 0.762. The van der Waals surface area contributed by atoms with Crippen LogP contribution in [0.5, 0.6) is 5.75 Å². The van der Waals surface area contributed by atoms with Gasteiger partial charge in [-0.3, -0.25) is 4.79 Å². The van der Waals surface area contributed by atoms with Crippen LogP contribution < -0.4 is 0 Å². The topological polar surface area (TPSA) is 40.5 Å². The molecule has 0 spiro atoms. The second-order valence-corrected chi connectivity index (χ2v) is 3.90. The monoisotopic (exact) mass is 205 g/mol. The average Bonchev–Trinajstić information content (AvgIpc) is 2.29. The highest BCUT2D eigenvalue weighted by atomic mass is 16.3. The highest BCUT2D eigenvalue weighted by molar-refractivity contribution is 5.94. The number of phenolic OH excluding ortho intramolecular Hbond substituents is 1. The van der Waals surface area contributed by atoms with E-state index in [9.17, 15) is 9.90 Å². The highest BCUT2D eigenvalue weighted by Gasteiger charge is 2.17. The summed E-state index contributed by atoms with van der Waals surface area (Å²) < 4.78 is 0. The summed E-state index contributed by atoms with van der Waals surface area (Å²) in [5.41, 5.74) is 0.580. The van der Waals surface area contributed by atoms with Gasteiger partial charge in [0.05, 0.1) is 0 Å². The lowest BCUT2D eigenvalue weighted by atomic mass is 10.1. The molecule has 3 nitrogen and oxygen atoms in total. The van der Waals surface area contributed by atoms with Gasteiger partial charge in [-0.15, -0.1) is 0 Å². The number of amides is 1. The van der Waals surface area contributed by atoms with Crippen molar-refractivity contribution in [3.63, 3.8) is 0 Å². The molecule has 1 aliphatic rings. The third-order valence-corrected chi connectivity index (χ3v) is 2.74. The third-order valence-electron chi connectivity index (χ3n) is 2.74. The van der Waals surface area contributed by atoms with Gasteiger partial charge in [0.15, 0.2) is 0 Å². The Morgan fingerprint density at radius 2 is 1.93 bits per heavy atom. The molecular formula is C12H15NO2. The molecule has 1 N–H and O–H groups in total. The predicted molar refractivity (Wildman–Crippen MR) is 57.9 cm³/mol. The Kier molecular flexibility index (Phi) is 2.90. The summed E-state index contributed by atoms with van der Waals surface area (Å²) in [5.74, 6) is 0.184. The SMILES string of the molecule is O=C(c1cccc(O)c1)N1CCCCC1. The number of benzene rings is 1. The van der Waals surface area contributed by atoms with Gasteiger partial charge in [-0.05, 0) is 37.5 Å². The molecule has 3 heteroatoms. The van der Waals surface area contributed by atoms with Crippen molar-refractivity contribution in [3.05, 3.63) is 29.8 Å². The molecule has 1 amide bonds. The van der Waals surface area contributed by atoms with Crippen molar-refractivity contribution < 1.29 is 9.90 Å². The van der Waals surface area contributed by atoms with Gasteiger partial charge in [0.25, 0.3) is 5.91 Å². The van der Waals surface area contributed by atoms with E-state index in [-0.39, 0.29) is 11.7 Å². The van der Waals surface area contributed by atoms with E-state index >= 15 is 0 Å². The van der Waals surface area contributed by atoms with Crippen LogP contribution in [-0.4, -0.2) is 29.0 Å². The maximum absolute atomic E-state index is 12.0. The zero-order valence-electron chi connectivity index (χ0n) is 8.65. The fourth-order valence-corrected chi connectivity index (χ4v) is 1.92. The first-order valence-corrected chi connectivity index (χ1v) is 5.36. The molecule has 2 rings (SSSR count). The molecule has 1 saturated heterocycles. The standard InChI is InChI=1S/C12H15NO2/c14-11-6-4-5-10(9-11)12(15)13-7-2-1-3-8-13/h4-6,9,14H,1-3,7-8H2. The van der Waals surface area contributed by atoms with Crippen molar-refractivity contribution in [1.82, 2.24) is 4.90 Å². The second-order valence-electron chi connectivity index (χ2n) is 3.90. The lowest BCUT2D eigenvalue weighted by Gasteiger charge is -2.26. The number of hydrogen-bond acceptors (Lipinski definition) is 2. The summed E-state index contributed by atoms with van der Waals surface area (Å²) in [6, 6.07) is 6.55. The van der Waals surface area contributed by atoms with E-state index in [2.05, 4.69) is 0 Å². The molecule has 0 bridgehead atoms. The first kappa shape index (κ1) is 10.0. The number of carbonyl (C=O) groups is 1. The lowest BCUT2D eigenvalue weighted by molar-refractivity contribution is 0.0724. The number of hydrogen-bond donors (Lipinski definition) is 1. The van der Waals surface area contributed by atoms with E-state index in [1.165, 1.54) is 12.5 Å².